The number of nitrogens with zero attached hydrogens (tertiary/aromatic N) is 6. The molecule has 0 amide bonds. The Labute approximate surface area is 156 Å². The zero-order chi connectivity index (χ0) is 18.9. The summed E-state index contributed by atoms with van der Waals surface area (Å²) >= 11 is 1.17. The van der Waals surface area contributed by atoms with Crippen LogP contribution in [0.2, 0.25) is 0 Å². The summed E-state index contributed by atoms with van der Waals surface area (Å²) in [4.78, 5) is 8.33. The normalized spacial score (nSPS) is 12.0. The number of halogens is 3. The van der Waals surface area contributed by atoms with E-state index in [-0.39, 0.29) is 11.0 Å². The van der Waals surface area contributed by atoms with Crippen LogP contribution in [0.4, 0.5) is 13.2 Å². The Morgan fingerprint density at radius 2 is 1.85 bits per heavy atom. The minimum atomic E-state index is -4.39. The average Bonchev–Trinajstić information content (AvgIpc) is 3.23. The number of fused-ring (bicyclic) bond motifs is 1. The summed E-state index contributed by atoms with van der Waals surface area (Å²) in [5.74, 6) is 0.542. The SMILES string of the molecule is FC(F)(F)Cn1c(SCc2cn3ccccc3n2)nnc1-c1ccncc1. The van der Waals surface area contributed by atoms with E-state index in [4.69, 9.17) is 0 Å². The minimum absolute atomic E-state index is 0.159. The van der Waals surface area contributed by atoms with Crippen molar-refractivity contribution >= 4 is 17.4 Å². The predicted octanol–water partition coefficient (Wildman–Crippen LogP) is 3.84. The van der Waals surface area contributed by atoms with E-state index >= 15 is 0 Å². The molecule has 0 unspecified atom stereocenters. The Morgan fingerprint density at radius 3 is 2.59 bits per heavy atom. The number of pyridine rings is 2. The second-order valence-electron chi connectivity index (χ2n) is 5.73. The minimum Gasteiger partial charge on any atom is -0.307 e. The van der Waals surface area contributed by atoms with Crippen molar-refractivity contribution in [2.45, 2.75) is 23.6 Å². The molecule has 0 saturated carbocycles. The molecular weight excluding hydrogens is 377 g/mol. The van der Waals surface area contributed by atoms with E-state index in [1.807, 2.05) is 35.0 Å². The number of rotatable bonds is 5. The maximum atomic E-state index is 13.1. The quantitative estimate of drug-likeness (QED) is 0.485. The number of thioether (sulfide) groups is 1. The van der Waals surface area contributed by atoms with E-state index in [1.165, 1.54) is 24.2 Å². The molecule has 0 saturated heterocycles. The molecule has 0 bridgehead atoms. The predicted molar refractivity (Wildman–Crippen MR) is 94.1 cm³/mol. The van der Waals surface area contributed by atoms with E-state index in [1.54, 1.807) is 12.1 Å². The summed E-state index contributed by atoms with van der Waals surface area (Å²) in [5.41, 5.74) is 2.06. The summed E-state index contributed by atoms with van der Waals surface area (Å²) in [6.45, 7) is -1.16. The van der Waals surface area contributed by atoms with Gasteiger partial charge < -0.3 is 4.40 Å². The van der Waals surface area contributed by atoms with E-state index in [0.29, 0.717) is 11.3 Å². The topological polar surface area (TPSA) is 60.9 Å². The van der Waals surface area contributed by atoms with Gasteiger partial charge in [0.25, 0.3) is 0 Å². The number of aromatic nitrogens is 6. The number of alkyl halides is 3. The fraction of sp³-hybridized carbons (Fsp3) is 0.176. The smallest absolute Gasteiger partial charge is 0.307 e. The Morgan fingerprint density at radius 1 is 1.04 bits per heavy atom. The molecule has 0 N–H and O–H groups in total. The Hall–Kier alpha value is -2.88. The van der Waals surface area contributed by atoms with Crippen LogP contribution in [0.5, 0.6) is 0 Å². The standard InChI is InChI=1S/C17H13F3N6S/c18-17(19,20)11-26-15(12-4-6-21-7-5-12)23-24-16(26)27-10-13-9-25-8-2-1-3-14(25)22-13/h1-9H,10-11H2. The van der Waals surface area contributed by atoms with Gasteiger partial charge in [-0.3, -0.25) is 9.55 Å². The van der Waals surface area contributed by atoms with Crippen LogP contribution >= 0.6 is 11.8 Å². The highest BCUT2D eigenvalue weighted by Crippen LogP contribution is 2.29. The fourth-order valence-corrected chi connectivity index (χ4v) is 3.45. The maximum absolute atomic E-state index is 13.1. The highest BCUT2D eigenvalue weighted by atomic mass is 32.2. The Balaban J connectivity index is 1.62. The third-order valence-corrected chi connectivity index (χ3v) is 4.76. The molecule has 4 aromatic rings. The molecule has 0 aliphatic carbocycles. The van der Waals surface area contributed by atoms with Crippen molar-refractivity contribution in [3.05, 3.63) is 60.8 Å². The fourth-order valence-electron chi connectivity index (χ4n) is 2.63. The molecule has 10 heteroatoms. The molecule has 6 nitrogen and oxygen atoms in total. The lowest BCUT2D eigenvalue weighted by atomic mass is 10.2. The number of imidazole rings is 1. The summed E-state index contributed by atoms with van der Waals surface area (Å²) < 4.78 is 42.2. The first-order valence-corrected chi connectivity index (χ1v) is 8.94. The third kappa shape index (κ3) is 3.95. The lowest BCUT2D eigenvalue weighted by molar-refractivity contribution is -0.141. The molecule has 0 spiro atoms. The molecule has 27 heavy (non-hydrogen) atoms. The largest absolute Gasteiger partial charge is 0.406 e. The zero-order valence-electron chi connectivity index (χ0n) is 13.8. The Kier molecular flexibility index (Phi) is 4.56. The van der Waals surface area contributed by atoms with E-state index in [2.05, 4.69) is 20.2 Å². The van der Waals surface area contributed by atoms with Crippen LogP contribution in [0, 0.1) is 0 Å². The van der Waals surface area contributed by atoms with Crippen LogP contribution in [-0.2, 0) is 12.3 Å². The average molecular weight is 390 g/mol. The molecule has 4 aromatic heterocycles. The molecule has 0 aromatic carbocycles. The van der Waals surface area contributed by atoms with Gasteiger partial charge in [-0.25, -0.2) is 4.98 Å². The van der Waals surface area contributed by atoms with Crippen LogP contribution in [0.25, 0.3) is 17.0 Å². The highest BCUT2D eigenvalue weighted by Gasteiger charge is 2.31. The number of hydrogen-bond donors (Lipinski definition) is 0. The first-order chi connectivity index (χ1) is 13.0. The lowest BCUT2D eigenvalue weighted by Gasteiger charge is -2.12. The van der Waals surface area contributed by atoms with E-state index in [9.17, 15) is 13.2 Å². The van der Waals surface area contributed by atoms with Gasteiger partial charge in [-0.05, 0) is 24.3 Å². The van der Waals surface area contributed by atoms with E-state index < -0.39 is 12.7 Å². The monoisotopic (exact) mass is 390 g/mol. The van der Waals surface area contributed by atoms with Crippen molar-refractivity contribution < 1.29 is 13.2 Å². The van der Waals surface area contributed by atoms with E-state index in [0.717, 1.165) is 15.9 Å². The van der Waals surface area contributed by atoms with Gasteiger partial charge in [-0.2, -0.15) is 13.2 Å². The van der Waals surface area contributed by atoms with Gasteiger partial charge >= 0.3 is 6.18 Å². The second-order valence-corrected chi connectivity index (χ2v) is 6.67. The Bertz CT molecular complexity index is 1020. The van der Waals surface area contributed by atoms with Crippen molar-refractivity contribution in [3.63, 3.8) is 0 Å². The van der Waals surface area contributed by atoms with Crippen molar-refractivity contribution in [1.29, 1.82) is 0 Å². The molecule has 0 radical (unpaired) electrons. The van der Waals surface area contributed by atoms with Crippen LogP contribution in [0.3, 0.4) is 0 Å². The zero-order valence-corrected chi connectivity index (χ0v) is 14.7. The van der Waals surface area contributed by atoms with Crippen LogP contribution < -0.4 is 0 Å². The molecule has 0 aliphatic heterocycles. The van der Waals surface area contributed by atoms with Gasteiger partial charge in [-0.1, -0.05) is 17.8 Å². The van der Waals surface area contributed by atoms with Crippen LogP contribution in [0.15, 0.2) is 60.3 Å². The van der Waals surface area contributed by atoms with Gasteiger partial charge in [0.2, 0.25) is 0 Å². The van der Waals surface area contributed by atoms with Gasteiger partial charge in [-0.15, -0.1) is 10.2 Å². The van der Waals surface area contributed by atoms with Crippen LogP contribution in [0.1, 0.15) is 5.69 Å². The van der Waals surface area contributed by atoms with Crippen molar-refractivity contribution in [2.75, 3.05) is 0 Å². The molecule has 4 heterocycles. The first kappa shape index (κ1) is 17.5. The molecular formula is C17H13F3N6S. The first-order valence-electron chi connectivity index (χ1n) is 7.95. The van der Waals surface area contributed by atoms with Crippen molar-refractivity contribution in [1.82, 2.24) is 29.1 Å². The maximum Gasteiger partial charge on any atom is 0.406 e. The second kappa shape index (κ2) is 7.03. The molecule has 4 rings (SSSR count). The van der Waals surface area contributed by atoms with Gasteiger partial charge in [0.05, 0.1) is 5.69 Å². The molecule has 138 valence electrons. The molecule has 0 aliphatic rings. The molecule has 0 fully saturated rings. The van der Waals surface area contributed by atoms with Gasteiger partial charge in [0.1, 0.15) is 12.2 Å². The third-order valence-electron chi connectivity index (χ3n) is 3.76. The van der Waals surface area contributed by atoms with Crippen molar-refractivity contribution in [3.8, 4) is 11.4 Å². The summed E-state index contributed by atoms with van der Waals surface area (Å²) in [7, 11) is 0. The van der Waals surface area contributed by atoms with Gasteiger partial charge in [0.15, 0.2) is 11.0 Å². The lowest BCUT2D eigenvalue weighted by Crippen LogP contribution is -2.19. The highest BCUT2D eigenvalue weighted by molar-refractivity contribution is 7.98. The number of hydrogen-bond acceptors (Lipinski definition) is 5. The van der Waals surface area contributed by atoms with Gasteiger partial charge in [0, 0.05) is 36.1 Å². The summed E-state index contributed by atoms with van der Waals surface area (Å²) in [6, 6.07) is 8.83. The van der Waals surface area contributed by atoms with Crippen molar-refractivity contribution in [2.24, 2.45) is 0 Å². The summed E-state index contributed by atoms with van der Waals surface area (Å²) in [5, 5.41) is 8.12. The molecule has 0 atom stereocenters. The summed E-state index contributed by atoms with van der Waals surface area (Å²) in [6.07, 6.45) is 2.33. The van der Waals surface area contributed by atoms with Crippen LogP contribution in [-0.4, -0.2) is 35.3 Å².